The number of rotatable bonds is 3. The van der Waals surface area contributed by atoms with Crippen LogP contribution in [-0.2, 0) is 13.5 Å². The van der Waals surface area contributed by atoms with Gasteiger partial charge in [-0.2, -0.15) is 0 Å². The summed E-state index contributed by atoms with van der Waals surface area (Å²) in [6.45, 7) is 0.617. The molecule has 3 nitrogen and oxygen atoms in total. The Morgan fingerprint density at radius 2 is 2.00 bits per heavy atom. The highest BCUT2D eigenvalue weighted by Crippen LogP contribution is 2.28. The summed E-state index contributed by atoms with van der Waals surface area (Å²) < 4.78 is 2.97. The molecule has 0 aliphatic heterocycles. The van der Waals surface area contributed by atoms with Crippen LogP contribution < -0.4 is 5.73 Å². The molecule has 0 fully saturated rings. The normalized spacial score (nSPS) is 10.7. The van der Waals surface area contributed by atoms with E-state index in [1.165, 1.54) is 0 Å². The second kappa shape index (κ2) is 4.80. The summed E-state index contributed by atoms with van der Waals surface area (Å²) in [5, 5.41) is 0. The summed E-state index contributed by atoms with van der Waals surface area (Å²) in [6.07, 6.45) is 0.794. The summed E-state index contributed by atoms with van der Waals surface area (Å²) in [7, 11) is 2.02. The van der Waals surface area contributed by atoms with Crippen molar-refractivity contribution in [3.63, 3.8) is 0 Å². The van der Waals surface area contributed by atoms with Crippen molar-refractivity contribution in [3.05, 3.63) is 40.8 Å². The van der Waals surface area contributed by atoms with Crippen molar-refractivity contribution >= 4 is 15.9 Å². The molecule has 2 N–H and O–H groups in total. The molecule has 0 atom stereocenters. The minimum atomic E-state index is 0.617. The van der Waals surface area contributed by atoms with Gasteiger partial charge < -0.3 is 10.3 Å². The number of hydrogen-bond acceptors (Lipinski definition) is 2. The van der Waals surface area contributed by atoms with E-state index in [0.29, 0.717) is 6.54 Å². The molecule has 1 aromatic heterocycles. The van der Waals surface area contributed by atoms with Crippen molar-refractivity contribution in [3.8, 4) is 11.3 Å². The number of imidazole rings is 1. The lowest BCUT2D eigenvalue weighted by molar-refractivity contribution is 0.782. The van der Waals surface area contributed by atoms with Crippen LogP contribution in [0.5, 0.6) is 0 Å². The Hall–Kier alpha value is -1.13. The average molecular weight is 280 g/mol. The summed E-state index contributed by atoms with van der Waals surface area (Å²) in [6, 6.07) is 10.2. The van der Waals surface area contributed by atoms with Gasteiger partial charge in [0.2, 0.25) is 0 Å². The molecule has 0 saturated carbocycles. The number of hydrogen-bond donors (Lipinski definition) is 1. The first-order valence-corrected chi connectivity index (χ1v) is 6.00. The van der Waals surface area contributed by atoms with Crippen LogP contribution in [0.25, 0.3) is 11.3 Å². The fourth-order valence-electron chi connectivity index (χ4n) is 1.77. The van der Waals surface area contributed by atoms with Crippen molar-refractivity contribution < 1.29 is 0 Å². The van der Waals surface area contributed by atoms with Crippen LogP contribution in [0.2, 0.25) is 0 Å². The fraction of sp³-hybridized carbons (Fsp3) is 0.250. The molecule has 4 heteroatoms. The molecule has 2 rings (SSSR count). The smallest absolute Gasteiger partial charge is 0.132 e. The van der Waals surface area contributed by atoms with E-state index in [0.717, 1.165) is 28.1 Å². The number of nitrogens with zero attached hydrogens (tertiary/aromatic N) is 2. The van der Waals surface area contributed by atoms with Gasteiger partial charge in [-0.25, -0.2) is 4.98 Å². The highest BCUT2D eigenvalue weighted by atomic mass is 79.9. The monoisotopic (exact) mass is 279 g/mol. The Bertz CT molecular complexity index is 477. The Morgan fingerprint density at radius 3 is 2.62 bits per heavy atom. The Kier molecular flexibility index (Phi) is 3.41. The Balaban J connectivity index is 2.49. The molecule has 84 valence electrons. The molecule has 16 heavy (non-hydrogen) atoms. The molecule has 0 saturated heterocycles. The van der Waals surface area contributed by atoms with Crippen molar-refractivity contribution in [2.24, 2.45) is 12.8 Å². The molecule has 0 radical (unpaired) electrons. The highest BCUT2D eigenvalue weighted by Gasteiger charge is 2.13. The summed E-state index contributed by atoms with van der Waals surface area (Å²) in [5.41, 5.74) is 7.82. The summed E-state index contributed by atoms with van der Waals surface area (Å²) in [5.74, 6) is 1.01. The molecule has 2 aromatic rings. The highest BCUT2D eigenvalue weighted by molar-refractivity contribution is 9.10. The first-order valence-electron chi connectivity index (χ1n) is 5.20. The van der Waals surface area contributed by atoms with E-state index < -0.39 is 0 Å². The van der Waals surface area contributed by atoms with E-state index in [1.807, 2.05) is 25.2 Å². The van der Waals surface area contributed by atoms with Gasteiger partial charge >= 0.3 is 0 Å². The predicted octanol–water partition coefficient (Wildman–Crippen LogP) is 2.35. The molecular weight excluding hydrogens is 266 g/mol. The number of nitrogens with two attached hydrogens (primary N) is 1. The van der Waals surface area contributed by atoms with Gasteiger partial charge in [0.15, 0.2) is 0 Å². The van der Waals surface area contributed by atoms with Gasteiger partial charge in [-0.3, -0.25) is 0 Å². The van der Waals surface area contributed by atoms with Gasteiger partial charge in [0, 0.05) is 19.0 Å². The largest absolute Gasteiger partial charge is 0.330 e. The van der Waals surface area contributed by atoms with Gasteiger partial charge in [-0.1, -0.05) is 30.3 Å². The van der Waals surface area contributed by atoms with E-state index >= 15 is 0 Å². The molecule has 0 amide bonds. The van der Waals surface area contributed by atoms with Gasteiger partial charge in [0.1, 0.15) is 10.4 Å². The predicted molar refractivity (Wildman–Crippen MR) is 69.1 cm³/mol. The van der Waals surface area contributed by atoms with Crippen LogP contribution in [0.15, 0.2) is 34.9 Å². The van der Waals surface area contributed by atoms with E-state index in [-0.39, 0.29) is 0 Å². The van der Waals surface area contributed by atoms with Crippen LogP contribution in [0.1, 0.15) is 5.82 Å². The third-order valence-corrected chi connectivity index (χ3v) is 3.11. The molecule has 0 bridgehead atoms. The van der Waals surface area contributed by atoms with Crippen molar-refractivity contribution in [1.29, 1.82) is 0 Å². The lowest BCUT2D eigenvalue weighted by Gasteiger charge is -2.05. The topological polar surface area (TPSA) is 43.8 Å². The number of halogens is 1. The van der Waals surface area contributed by atoms with E-state index in [1.54, 1.807) is 0 Å². The maximum absolute atomic E-state index is 5.56. The summed E-state index contributed by atoms with van der Waals surface area (Å²) >= 11 is 3.50. The van der Waals surface area contributed by atoms with Crippen LogP contribution >= 0.6 is 15.9 Å². The van der Waals surface area contributed by atoms with Crippen molar-refractivity contribution in [1.82, 2.24) is 9.55 Å². The third kappa shape index (κ3) is 2.03. The molecular formula is C12H14BrN3. The Labute approximate surface area is 103 Å². The van der Waals surface area contributed by atoms with Crippen LogP contribution in [-0.4, -0.2) is 16.1 Å². The average Bonchev–Trinajstić information content (AvgIpc) is 2.56. The molecule has 1 aromatic carbocycles. The van der Waals surface area contributed by atoms with E-state index in [2.05, 4.69) is 37.6 Å². The van der Waals surface area contributed by atoms with Gasteiger partial charge in [0.05, 0.1) is 5.69 Å². The summed E-state index contributed by atoms with van der Waals surface area (Å²) in [4.78, 5) is 4.48. The van der Waals surface area contributed by atoms with E-state index in [9.17, 15) is 0 Å². The quantitative estimate of drug-likeness (QED) is 0.938. The second-order valence-corrected chi connectivity index (χ2v) is 4.38. The standard InChI is InChI=1S/C12H14BrN3/c1-16-10(7-8-14)15-12(13)11(16)9-5-3-2-4-6-9/h2-6H,7-8,14H2,1H3. The van der Waals surface area contributed by atoms with Gasteiger partial charge in [-0.15, -0.1) is 0 Å². The Morgan fingerprint density at radius 1 is 1.31 bits per heavy atom. The zero-order valence-corrected chi connectivity index (χ0v) is 10.7. The van der Waals surface area contributed by atoms with Crippen LogP contribution in [0.4, 0.5) is 0 Å². The van der Waals surface area contributed by atoms with Crippen LogP contribution in [0, 0.1) is 0 Å². The second-order valence-electron chi connectivity index (χ2n) is 3.63. The zero-order chi connectivity index (χ0) is 11.5. The van der Waals surface area contributed by atoms with Gasteiger partial charge in [0.25, 0.3) is 0 Å². The van der Waals surface area contributed by atoms with Crippen molar-refractivity contribution in [2.45, 2.75) is 6.42 Å². The number of benzene rings is 1. The first kappa shape index (κ1) is 11.4. The SMILES string of the molecule is Cn1c(CCN)nc(Br)c1-c1ccccc1. The molecule has 0 spiro atoms. The minimum absolute atomic E-state index is 0.617. The van der Waals surface area contributed by atoms with E-state index in [4.69, 9.17) is 5.73 Å². The van der Waals surface area contributed by atoms with Crippen molar-refractivity contribution in [2.75, 3.05) is 6.54 Å². The molecule has 0 unspecified atom stereocenters. The lowest BCUT2D eigenvalue weighted by Crippen LogP contribution is -2.08. The maximum atomic E-state index is 5.56. The maximum Gasteiger partial charge on any atom is 0.132 e. The molecule has 0 aliphatic rings. The third-order valence-electron chi connectivity index (χ3n) is 2.56. The minimum Gasteiger partial charge on any atom is -0.330 e. The zero-order valence-electron chi connectivity index (χ0n) is 9.15. The van der Waals surface area contributed by atoms with Gasteiger partial charge in [-0.05, 0) is 22.5 Å². The van der Waals surface area contributed by atoms with Crippen LogP contribution in [0.3, 0.4) is 0 Å². The molecule has 0 aliphatic carbocycles. The fourth-order valence-corrected chi connectivity index (χ4v) is 2.47. The first-order chi connectivity index (χ1) is 7.74. The lowest BCUT2D eigenvalue weighted by atomic mass is 10.2. The number of aromatic nitrogens is 2. The molecule has 1 heterocycles.